The average Bonchev–Trinajstić information content (AvgIpc) is 3.05. The second-order valence-electron chi connectivity index (χ2n) is 8.41. The summed E-state index contributed by atoms with van der Waals surface area (Å²) in [5.41, 5.74) is 4.69. The topological polar surface area (TPSA) is 89.4 Å². The van der Waals surface area contributed by atoms with E-state index in [1.54, 1.807) is 4.90 Å². The van der Waals surface area contributed by atoms with Crippen molar-refractivity contribution in [3.8, 4) is 0 Å². The third kappa shape index (κ3) is 4.30. The minimum absolute atomic E-state index is 0.163. The molecule has 0 bridgehead atoms. The number of anilines is 1. The van der Waals surface area contributed by atoms with Gasteiger partial charge in [0.2, 0.25) is 0 Å². The standard InChI is InChI=1S/C24H29N5O3/c1-15-13-20(19-7-5-6-8-21(19)25-15)23(30)26-22-16(2)27-29(17(22)3)14-18-9-11-28(12-10-18)24(31)32-4/h5-8,13,18H,9-12,14H2,1-4H3,(H,26,30). The van der Waals surface area contributed by atoms with Crippen LogP contribution < -0.4 is 5.32 Å². The molecule has 0 unspecified atom stereocenters. The Bertz CT molecular complexity index is 1160. The van der Waals surface area contributed by atoms with Gasteiger partial charge in [-0.3, -0.25) is 14.5 Å². The van der Waals surface area contributed by atoms with Crippen LogP contribution in [0.4, 0.5) is 10.5 Å². The molecule has 1 fully saturated rings. The molecular weight excluding hydrogens is 406 g/mol. The number of carbonyl (C=O) groups excluding carboxylic acids is 2. The normalized spacial score (nSPS) is 14.6. The Morgan fingerprint density at radius 3 is 2.59 bits per heavy atom. The molecule has 1 aliphatic heterocycles. The highest BCUT2D eigenvalue weighted by Gasteiger charge is 2.25. The van der Waals surface area contributed by atoms with E-state index < -0.39 is 0 Å². The summed E-state index contributed by atoms with van der Waals surface area (Å²) in [6.45, 7) is 7.92. The Balaban J connectivity index is 1.50. The number of nitrogens with zero attached hydrogens (tertiary/aromatic N) is 4. The van der Waals surface area contributed by atoms with Gasteiger partial charge in [0.1, 0.15) is 0 Å². The summed E-state index contributed by atoms with van der Waals surface area (Å²) in [6, 6.07) is 9.49. The third-order valence-electron chi connectivity index (χ3n) is 6.19. The number of aromatic nitrogens is 3. The Morgan fingerprint density at radius 2 is 1.88 bits per heavy atom. The lowest BCUT2D eigenvalue weighted by Crippen LogP contribution is -2.39. The number of para-hydroxylation sites is 1. The summed E-state index contributed by atoms with van der Waals surface area (Å²) < 4.78 is 6.79. The maximum absolute atomic E-state index is 13.2. The van der Waals surface area contributed by atoms with Crippen LogP contribution in [0.2, 0.25) is 0 Å². The maximum Gasteiger partial charge on any atom is 0.409 e. The smallest absolute Gasteiger partial charge is 0.409 e. The number of hydrogen-bond donors (Lipinski definition) is 1. The number of aryl methyl sites for hydroxylation is 2. The van der Waals surface area contributed by atoms with E-state index in [0.717, 1.165) is 53.1 Å². The fourth-order valence-corrected chi connectivity index (χ4v) is 4.40. The van der Waals surface area contributed by atoms with Crippen LogP contribution in [0.5, 0.6) is 0 Å². The first-order valence-corrected chi connectivity index (χ1v) is 10.9. The summed E-state index contributed by atoms with van der Waals surface area (Å²) in [5, 5.41) is 8.60. The first-order valence-electron chi connectivity index (χ1n) is 10.9. The Labute approximate surface area is 187 Å². The van der Waals surface area contributed by atoms with Gasteiger partial charge < -0.3 is 15.0 Å². The number of piperidine rings is 1. The maximum atomic E-state index is 13.2. The molecule has 1 saturated heterocycles. The van der Waals surface area contributed by atoms with E-state index in [0.29, 0.717) is 24.6 Å². The van der Waals surface area contributed by atoms with Crippen LogP contribution in [0.15, 0.2) is 30.3 Å². The lowest BCUT2D eigenvalue weighted by molar-refractivity contribution is 0.102. The van der Waals surface area contributed by atoms with Gasteiger partial charge in [-0.2, -0.15) is 5.10 Å². The Kier molecular flexibility index (Phi) is 6.12. The zero-order chi connectivity index (χ0) is 22.8. The van der Waals surface area contributed by atoms with E-state index in [2.05, 4.69) is 15.4 Å². The molecule has 0 radical (unpaired) electrons. The van der Waals surface area contributed by atoms with Crippen molar-refractivity contribution in [1.82, 2.24) is 19.7 Å². The van der Waals surface area contributed by atoms with E-state index in [9.17, 15) is 9.59 Å². The summed E-state index contributed by atoms with van der Waals surface area (Å²) in [6.07, 6.45) is 1.54. The number of carbonyl (C=O) groups is 2. The lowest BCUT2D eigenvalue weighted by Gasteiger charge is -2.31. The number of fused-ring (bicyclic) bond motifs is 1. The van der Waals surface area contributed by atoms with Gasteiger partial charge in [-0.05, 0) is 51.7 Å². The van der Waals surface area contributed by atoms with Gasteiger partial charge in [-0.25, -0.2) is 4.79 Å². The zero-order valence-corrected chi connectivity index (χ0v) is 19.0. The molecule has 0 spiro atoms. The van der Waals surface area contributed by atoms with E-state index in [4.69, 9.17) is 4.74 Å². The number of pyridine rings is 1. The monoisotopic (exact) mass is 435 g/mol. The van der Waals surface area contributed by atoms with E-state index in [1.165, 1.54) is 7.11 Å². The van der Waals surface area contributed by atoms with Crippen LogP contribution in [0.25, 0.3) is 10.9 Å². The first-order chi connectivity index (χ1) is 15.4. The first kappa shape index (κ1) is 21.8. The predicted molar refractivity (Wildman–Crippen MR) is 123 cm³/mol. The molecule has 32 heavy (non-hydrogen) atoms. The number of nitrogens with one attached hydrogen (secondary N) is 1. The van der Waals surface area contributed by atoms with Gasteiger partial charge in [0.05, 0.1) is 35.3 Å². The molecule has 168 valence electrons. The highest BCUT2D eigenvalue weighted by Crippen LogP contribution is 2.26. The number of rotatable bonds is 4. The number of amides is 2. The molecule has 3 heterocycles. The van der Waals surface area contributed by atoms with Crippen molar-refractivity contribution < 1.29 is 14.3 Å². The van der Waals surface area contributed by atoms with Gasteiger partial charge in [-0.15, -0.1) is 0 Å². The predicted octanol–water partition coefficient (Wildman–Crippen LogP) is 4.09. The molecule has 3 aromatic rings. The lowest BCUT2D eigenvalue weighted by atomic mass is 9.97. The van der Waals surface area contributed by atoms with Gasteiger partial charge in [0, 0.05) is 30.7 Å². The number of hydrogen-bond acceptors (Lipinski definition) is 5. The highest BCUT2D eigenvalue weighted by atomic mass is 16.5. The summed E-state index contributed by atoms with van der Waals surface area (Å²) in [4.78, 5) is 31.1. The second-order valence-corrected chi connectivity index (χ2v) is 8.41. The van der Waals surface area contributed by atoms with Crippen molar-refractivity contribution in [2.75, 3.05) is 25.5 Å². The molecule has 4 rings (SSSR count). The average molecular weight is 436 g/mol. The van der Waals surface area contributed by atoms with Crippen molar-refractivity contribution in [3.63, 3.8) is 0 Å². The van der Waals surface area contributed by atoms with Crippen molar-refractivity contribution in [3.05, 3.63) is 53.0 Å². The summed E-state index contributed by atoms with van der Waals surface area (Å²) in [5.74, 6) is 0.257. The molecule has 8 nitrogen and oxygen atoms in total. The molecule has 2 amide bonds. The summed E-state index contributed by atoms with van der Waals surface area (Å²) >= 11 is 0. The van der Waals surface area contributed by atoms with E-state index in [-0.39, 0.29) is 12.0 Å². The number of ether oxygens (including phenoxy) is 1. The molecule has 0 aliphatic carbocycles. The Morgan fingerprint density at radius 1 is 1.16 bits per heavy atom. The largest absolute Gasteiger partial charge is 0.453 e. The van der Waals surface area contributed by atoms with Gasteiger partial charge in [-0.1, -0.05) is 18.2 Å². The van der Waals surface area contributed by atoms with Gasteiger partial charge >= 0.3 is 6.09 Å². The fourth-order valence-electron chi connectivity index (χ4n) is 4.40. The van der Waals surface area contributed by atoms with Gasteiger partial charge in [0.15, 0.2) is 0 Å². The van der Waals surface area contributed by atoms with Crippen molar-refractivity contribution >= 4 is 28.6 Å². The molecular formula is C24H29N5O3. The summed E-state index contributed by atoms with van der Waals surface area (Å²) in [7, 11) is 1.41. The van der Waals surface area contributed by atoms with Crippen LogP contribution >= 0.6 is 0 Å². The molecule has 0 atom stereocenters. The number of benzene rings is 1. The highest BCUT2D eigenvalue weighted by molar-refractivity contribution is 6.12. The van der Waals surface area contributed by atoms with Gasteiger partial charge in [0.25, 0.3) is 5.91 Å². The van der Waals surface area contributed by atoms with Crippen LogP contribution in [-0.2, 0) is 11.3 Å². The molecule has 2 aromatic heterocycles. The molecule has 1 aromatic carbocycles. The molecule has 1 N–H and O–H groups in total. The van der Waals surface area contributed by atoms with Crippen molar-refractivity contribution in [2.45, 2.75) is 40.2 Å². The Hall–Kier alpha value is -3.42. The molecule has 8 heteroatoms. The third-order valence-corrected chi connectivity index (χ3v) is 6.19. The molecule has 0 saturated carbocycles. The number of likely N-dealkylation sites (tertiary alicyclic amines) is 1. The quantitative estimate of drug-likeness (QED) is 0.667. The molecule has 1 aliphatic rings. The minimum atomic E-state index is -0.265. The minimum Gasteiger partial charge on any atom is -0.453 e. The van der Waals surface area contributed by atoms with Crippen LogP contribution in [-0.4, -0.2) is 51.9 Å². The van der Waals surface area contributed by atoms with Crippen molar-refractivity contribution in [2.24, 2.45) is 5.92 Å². The van der Waals surface area contributed by atoms with Crippen LogP contribution in [0, 0.1) is 26.7 Å². The SMILES string of the molecule is COC(=O)N1CCC(Cn2nc(C)c(NC(=O)c3cc(C)nc4ccccc34)c2C)CC1. The zero-order valence-electron chi connectivity index (χ0n) is 19.0. The van der Waals surface area contributed by atoms with Crippen LogP contribution in [0.3, 0.4) is 0 Å². The van der Waals surface area contributed by atoms with E-state index >= 15 is 0 Å². The number of methoxy groups -OCH3 is 1. The van der Waals surface area contributed by atoms with Crippen molar-refractivity contribution in [1.29, 1.82) is 0 Å². The fraction of sp³-hybridized carbons (Fsp3) is 0.417. The van der Waals surface area contributed by atoms with E-state index in [1.807, 2.05) is 55.8 Å². The van der Waals surface area contributed by atoms with Crippen LogP contribution in [0.1, 0.15) is 40.3 Å². The second kappa shape index (κ2) is 8.98.